The van der Waals surface area contributed by atoms with Gasteiger partial charge in [0.1, 0.15) is 30.2 Å². The van der Waals surface area contributed by atoms with Gasteiger partial charge >= 0.3 is 25.8 Å². The largest absolute Gasteiger partial charge is 0.513 e. The Kier molecular flexibility index (Phi) is 11.0. The fraction of sp³-hybridized carbons (Fsp3) is 0.222. The van der Waals surface area contributed by atoms with Crippen LogP contribution in [0.15, 0.2) is 78.9 Å². The fourth-order valence-corrected chi connectivity index (χ4v) is 4.99. The number of carbonyl (C=O) groups excluding carboxylic acids is 2. The molecule has 0 aromatic heterocycles. The lowest BCUT2D eigenvalue weighted by Crippen LogP contribution is -2.42. The van der Waals surface area contributed by atoms with Gasteiger partial charge in [0.25, 0.3) is 5.69 Å². The highest BCUT2D eigenvalue weighted by Gasteiger charge is 2.34. The molecule has 1 amide bonds. The standard InChI is InChI=1S/C27H28N3O11P/c1-18(26(33)38-2)29-42(37,41-23-14-10-21(11-15-23)30(35)36)40-22-12-8-19(9-13-22)16-24(25(31)32)28-27(34)39-17-20-6-4-3-5-7-20/h3-15,18,24H,16-17H2,1-2H3,(H,28,34)(H,29,37)(H,31,32)/t18-,24-,42?/m0/s1. The zero-order valence-electron chi connectivity index (χ0n) is 22.5. The van der Waals surface area contributed by atoms with Gasteiger partial charge in [0.2, 0.25) is 0 Å². The normalized spacial score (nSPS) is 13.5. The number of rotatable bonds is 14. The molecule has 15 heteroatoms. The Morgan fingerprint density at radius 2 is 1.50 bits per heavy atom. The van der Waals surface area contributed by atoms with Crippen LogP contribution in [0.5, 0.6) is 11.5 Å². The number of nitro benzene ring substituents is 1. The van der Waals surface area contributed by atoms with E-state index in [9.17, 15) is 34.2 Å². The highest BCUT2D eigenvalue weighted by atomic mass is 31.2. The van der Waals surface area contributed by atoms with Crippen molar-refractivity contribution in [2.24, 2.45) is 0 Å². The molecular weight excluding hydrogens is 573 g/mol. The Hall–Kier alpha value is -4.94. The highest BCUT2D eigenvalue weighted by molar-refractivity contribution is 7.52. The Balaban J connectivity index is 1.69. The molecule has 0 saturated heterocycles. The highest BCUT2D eigenvalue weighted by Crippen LogP contribution is 2.45. The number of aliphatic carboxylic acids is 1. The van der Waals surface area contributed by atoms with Gasteiger partial charge in [-0.25, -0.2) is 14.2 Å². The van der Waals surface area contributed by atoms with Gasteiger partial charge in [0, 0.05) is 18.6 Å². The number of nitro groups is 1. The van der Waals surface area contributed by atoms with E-state index in [1.807, 2.05) is 6.07 Å². The van der Waals surface area contributed by atoms with E-state index in [1.165, 1.54) is 43.3 Å². The monoisotopic (exact) mass is 601 g/mol. The lowest BCUT2D eigenvalue weighted by Gasteiger charge is -2.23. The van der Waals surface area contributed by atoms with Crippen molar-refractivity contribution in [3.8, 4) is 11.5 Å². The SMILES string of the molecule is COC(=O)[C@H](C)NP(=O)(Oc1ccc(C[C@H](NC(=O)OCc2ccccc2)C(=O)O)cc1)Oc1ccc([N+](=O)[O-])cc1. The second kappa shape index (κ2) is 14.6. The summed E-state index contributed by atoms with van der Waals surface area (Å²) in [6.07, 6.45) is -1.01. The first-order chi connectivity index (χ1) is 20.0. The molecule has 0 aliphatic rings. The number of carbonyl (C=O) groups is 3. The summed E-state index contributed by atoms with van der Waals surface area (Å²) in [6.45, 7) is 1.34. The summed E-state index contributed by atoms with van der Waals surface area (Å²) in [6, 6.07) is 16.9. The third-order valence-corrected chi connectivity index (χ3v) is 7.18. The quantitative estimate of drug-likeness (QED) is 0.103. The predicted octanol–water partition coefficient (Wildman–Crippen LogP) is 4.23. The van der Waals surface area contributed by atoms with Gasteiger partial charge in [-0.2, -0.15) is 5.09 Å². The maximum Gasteiger partial charge on any atom is 0.513 e. The van der Waals surface area contributed by atoms with E-state index in [4.69, 9.17) is 13.8 Å². The molecule has 0 bridgehead atoms. The second-order valence-corrected chi connectivity index (χ2v) is 10.4. The van der Waals surface area contributed by atoms with Crippen LogP contribution in [0.1, 0.15) is 18.1 Å². The van der Waals surface area contributed by atoms with Crippen LogP contribution in [0.3, 0.4) is 0 Å². The van der Waals surface area contributed by atoms with Gasteiger partial charge in [0.05, 0.1) is 12.0 Å². The molecule has 0 aliphatic heterocycles. The zero-order chi connectivity index (χ0) is 30.7. The Bertz CT molecular complexity index is 1430. The smallest absolute Gasteiger partial charge is 0.480 e. The van der Waals surface area contributed by atoms with E-state index < -0.39 is 42.8 Å². The van der Waals surface area contributed by atoms with Gasteiger partial charge in [-0.15, -0.1) is 0 Å². The van der Waals surface area contributed by atoms with Crippen LogP contribution in [0, 0.1) is 10.1 Å². The number of methoxy groups -OCH3 is 1. The van der Waals surface area contributed by atoms with Crippen molar-refractivity contribution in [2.75, 3.05) is 7.11 Å². The summed E-state index contributed by atoms with van der Waals surface area (Å²) in [5.41, 5.74) is 1.00. The summed E-state index contributed by atoms with van der Waals surface area (Å²) in [4.78, 5) is 46.1. The van der Waals surface area contributed by atoms with Crippen molar-refractivity contribution in [3.63, 3.8) is 0 Å². The molecule has 3 aromatic rings. The van der Waals surface area contributed by atoms with Crippen molar-refractivity contribution >= 4 is 31.5 Å². The Labute approximate surface area is 240 Å². The maximum atomic E-state index is 13.6. The molecule has 3 rings (SSSR count). The van der Waals surface area contributed by atoms with Crippen LogP contribution in [0.4, 0.5) is 10.5 Å². The Morgan fingerprint density at radius 3 is 2.02 bits per heavy atom. The summed E-state index contributed by atoms with van der Waals surface area (Å²) in [5, 5.41) is 25.3. The number of amides is 1. The number of hydrogen-bond donors (Lipinski definition) is 3. The number of benzene rings is 3. The number of nitrogens with one attached hydrogen (secondary N) is 2. The van der Waals surface area contributed by atoms with Gasteiger partial charge < -0.3 is 28.9 Å². The molecule has 222 valence electrons. The maximum absolute atomic E-state index is 13.6. The number of alkyl carbamates (subject to hydrolysis) is 1. The summed E-state index contributed by atoms with van der Waals surface area (Å²) >= 11 is 0. The lowest BCUT2D eigenvalue weighted by atomic mass is 10.1. The fourth-order valence-electron chi connectivity index (χ4n) is 3.47. The molecule has 0 saturated carbocycles. The molecule has 0 spiro atoms. The van der Waals surface area contributed by atoms with Crippen molar-refractivity contribution < 1.29 is 47.5 Å². The molecule has 0 heterocycles. The minimum Gasteiger partial charge on any atom is -0.480 e. The van der Waals surface area contributed by atoms with E-state index in [-0.39, 0.29) is 30.2 Å². The molecule has 1 unspecified atom stereocenters. The molecule has 3 aromatic carbocycles. The average molecular weight is 602 g/mol. The number of hydrogen-bond acceptors (Lipinski definition) is 10. The molecule has 0 aliphatic carbocycles. The minimum atomic E-state index is -4.32. The molecule has 0 fully saturated rings. The summed E-state index contributed by atoms with van der Waals surface area (Å²) < 4.78 is 34.4. The van der Waals surface area contributed by atoms with E-state index in [0.29, 0.717) is 5.56 Å². The lowest BCUT2D eigenvalue weighted by molar-refractivity contribution is -0.384. The first kappa shape index (κ1) is 31.6. The van der Waals surface area contributed by atoms with Crippen molar-refractivity contribution in [1.82, 2.24) is 10.4 Å². The summed E-state index contributed by atoms with van der Waals surface area (Å²) in [5.74, 6) is -2.06. The number of non-ortho nitro benzene ring substituents is 1. The summed E-state index contributed by atoms with van der Waals surface area (Å²) in [7, 11) is -3.18. The third kappa shape index (κ3) is 9.61. The van der Waals surface area contributed by atoms with Crippen molar-refractivity contribution in [2.45, 2.75) is 32.0 Å². The number of carboxylic acid groups (broad SMARTS) is 1. The first-order valence-corrected chi connectivity index (χ1v) is 13.9. The third-order valence-electron chi connectivity index (χ3n) is 5.57. The molecule has 3 atom stereocenters. The van der Waals surface area contributed by atoms with Gasteiger partial charge in [0.15, 0.2) is 0 Å². The number of nitrogens with zero attached hydrogens (tertiary/aromatic N) is 1. The second-order valence-electron chi connectivity index (χ2n) is 8.75. The minimum absolute atomic E-state index is 0.0238. The van der Waals surface area contributed by atoms with E-state index in [0.717, 1.165) is 24.8 Å². The number of ether oxygens (including phenoxy) is 2. The van der Waals surface area contributed by atoms with Crippen molar-refractivity contribution in [3.05, 3.63) is 100 Å². The van der Waals surface area contributed by atoms with E-state index >= 15 is 0 Å². The molecular formula is C27H28N3O11P. The average Bonchev–Trinajstić information content (AvgIpc) is 2.96. The van der Waals surface area contributed by atoms with Gasteiger partial charge in [-0.1, -0.05) is 42.5 Å². The number of carboxylic acids is 1. The van der Waals surface area contributed by atoms with Crippen molar-refractivity contribution in [1.29, 1.82) is 0 Å². The van der Waals surface area contributed by atoms with Gasteiger partial charge in [-0.3, -0.25) is 14.9 Å². The molecule has 0 radical (unpaired) electrons. The van der Waals surface area contributed by atoms with Crippen LogP contribution < -0.4 is 19.5 Å². The van der Waals surface area contributed by atoms with Crippen LogP contribution >= 0.6 is 7.75 Å². The van der Waals surface area contributed by atoms with Gasteiger partial charge in [-0.05, 0) is 42.3 Å². The number of esters is 1. The Morgan fingerprint density at radius 1 is 0.929 bits per heavy atom. The van der Waals surface area contributed by atoms with Crippen LogP contribution in [0.25, 0.3) is 0 Å². The van der Waals surface area contributed by atoms with E-state index in [1.54, 1.807) is 24.3 Å². The first-order valence-electron chi connectivity index (χ1n) is 12.4. The molecule has 42 heavy (non-hydrogen) atoms. The topological polar surface area (TPSA) is 193 Å². The van der Waals surface area contributed by atoms with E-state index in [2.05, 4.69) is 15.1 Å². The van der Waals surface area contributed by atoms with Crippen LogP contribution in [-0.4, -0.2) is 47.3 Å². The molecule has 14 nitrogen and oxygen atoms in total. The molecule has 3 N–H and O–H groups in total. The van der Waals surface area contributed by atoms with Crippen LogP contribution in [0.2, 0.25) is 0 Å². The zero-order valence-corrected chi connectivity index (χ0v) is 23.4. The van der Waals surface area contributed by atoms with Crippen LogP contribution in [-0.2, 0) is 36.7 Å². The predicted molar refractivity (Wildman–Crippen MR) is 148 cm³/mol.